The summed E-state index contributed by atoms with van der Waals surface area (Å²) in [5, 5.41) is 0. The van der Waals surface area contributed by atoms with Crippen LogP contribution in [0.3, 0.4) is 0 Å². The summed E-state index contributed by atoms with van der Waals surface area (Å²) in [5.74, 6) is -1.77. The average Bonchev–Trinajstić information content (AvgIpc) is 2.38. The van der Waals surface area contributed by atoms with Crippen LogP contribution >= 0.6 is 0 Å². The van der Waals surface area contributed by atoms with Crippen molar-refractivity contribution in [2.45, 2.75) is 51.7 Å². The van der Waals surface area contributed by atoms with E-state index in [-0.39, 0.29) is 0 Å². The van der Waals surface area contributed by atoms with Crippen molar-refractivity contribution in [3.8, 4) is 0 Å². The van der Waals surface area contributed by atoms with Gasteiger partial charge in [0, 0.05) is 6.04 Å². The van der Waals surface area contributed by atoms with Crippen molar-refractivity contribution >= 4 is 0 Å². The molecular formula is C12H23F3N2. The van der Waals surface area contributed by atoms with Crippen molar-refractivity contribution in [3.63, 3.8) is 0 Å². The molecule has 102 valence electrons. The van der Waals surface area contributed by atoms with Gasteiger partial charge in [0.1, 0.15) is 0 Å². The average molecular weight is 252 g/mol. The van der Waals surface area contributed by atoms with E-state index in [4.69, 9.17) is 11.5 Å². The molecule has 5 heteroatoms. The van der Waals surface area contributed by atoms with E-state index in [9.17, 15) is 13.2 Å². The molecule has 1 fully saturated rings. The Kier molecular flexibility index (Phi) is 4.47. The summed E-state index contributed by atoms with van der Waals surface area (Å²) >= 11 is 0. The SMILES string of the molecule is CCCC1(CCN)C[C@H](C)[C@@H](C(F)(F)F)C1N. The third-order valence-electron chi connectivity index (χ3n) is 4.20. The summed E-state index contributed by atoms with van der Waals surface area (Å²) in [6.07, 6.45) is -1.46. The minimum Gasteiger partial charge on any atom is -0.330 e. The Morgan fingerprint density at radius 2 is 1.88 bits per heavy atom. The summed E-state index contributed by atoms with van der Waals surface area (Å²) in [4.78, 5) is 0. The van der Waals surface area contributed by atoms with Crippen LogP contribution in [0.2, 0.25) is 0 Å². The number of halogens is 3. The highest BCUT2D eigenvalue weighted by Gasteiger charge is 2.58. The molecule has 0 aliphatic heterocycles. The monoisotopic (exact) mass is 252 g/mol. The van der Waals surface area contributed by atoms with Crippen LogP contribution in [0, 0.1) is 17.3 Å². The zero-order chi connectivity index (χ0) is 13.3. The lowest BCUT2D eigenvalue weighted by Crippen LogP contribution is -2.47. The summed E-state index contributed by atoms with van der Waals surface area (Å²) in [5.41, 5.74) is 11.1. The first-order valence-electron chi connectivity index (χ1n) is 6.31. The summed E-state index contributed by atoms with van der Waals surface area (Å²) < 4.78 is 38.9. The lowest BCUT2D eigenvalue weighted by molar-refractivity contribution is -0.187. The van der Waals surface area contributed by atoms with E-state index in [0.29, 0.717) is 19.4 Å². The van der Waals surface area contributed by atoms with E-state index in [1.54, 1.807) is 6.92 Å². The fraction of sp³-hybridized carbons (Fsp3) is 1.00. The lowest BCUT2D eigenvalue weighted by atomic mass is 9.74. The Bertz CT molecular complexity index is 247. The van der Waals surface area contributed by atoms with Gasteiger partial charge in [0.2, 0.25) is 0 Å². The van der Waals surface area contributed by atoms with Gasteiger partial charge in [0.05, 0.1) is 5.92 Å². The zero-order valence-corrected chi connectivity index (χ0v) is 10.6. The Balaban J connectivity index is 2.96. The Labute approximate surface area is 101 Å². The quantitative estimate of drug-likeness (QED) is 0.808. The molecule has 0 heterocycles. The van der Waals surface area contributed by atoms with Crippen LogP contribution in [0.5, 0.6) is 0 Å². The second kappa shape index (κ2) is 5.14. The van der Waals surface area contributed by atoms with Gasteiger partial charge in [-0.2, -0.15) is 13.2 Å². The topological polar surface area (TPSA) is 52.0 Å². The summed E-state index contributed by atoms with van der Waals surface area (Å²) in [6.45, 7) is 4.05. The minimum absolute atomic E-state index is 0.400. The van der Waals surface area contributed by atoms with Gasteiger partial charge in [0.25, 0.3) is 0 Å². The molecular weight excluding hydrogens is 229 g/mol. The van der Waals surface area contributed by atoms with Gasteiger partial charge >= 0.3 is 6.18 Å². The molecule has 1 aliphatic carbocycles. The maximum absolute atomic E-state index is 13.0. The molecule has 0 aromatic rings. The molecule has 0 radical (unpaired) electrons. The molecule has 1 aliphatic rings. The van der Waals surface area contributed by atoms with Crippen molar-refractivity contribution in [2.75, 3.05) is 6.54 Å². The van der Waals surface area contributed by atoms with Crippen LogP contribution < -0.4 is 11.5 Å². The highest BCUT2D eigenvalue weighted by Crippen LogP contribution is 2.54. The molecule has 0 spiro atoms. The van der Waals surface area contributed by atoms with E-state index >= 15 is 0 Å². The molecule has 4 atom stereocenters. The lowest BCUT2D eigenvalue weighted by Gasteiger charge is -2.35. The largest absolute Gasteiger partial charge is 0.393 e. The molecule has 0 aromatic heterocycles. The maximum Gasteiger partial charge on any atom is 0.393 e. The van der Waals surface area contributed by atoms with Gasteiger partial charge < -0.3 is 11.5 Å². The Morgan fingerprint density at radius 1 is 1.29 bits per heavy atom. The van der Waals surface area contributed by atoms with Crippen LogP contribution in [-0.4, -0.2) is 18.8 Å². The number of rotatable bonds is 4. The normalized spacial score (nSPS) is 38.6. The first kappa shape index (κ1) is 14.8. The number of alkyl halides is 3. The highest BCUT2D eigenvalue weighted by molar-refractivity contribution is 5.04. The molecule has 1 saturated carbocycles. The van der Waals surface area contributed by atoms with Crippen LogP contribution in [0.25, 0.3) is 0 Å². The van der Waals surface area contributed by atoms with Gasteiger partial charge in [-0.15, -0.1) is 0 Å². The second-order valence-corrected chi connectivity index (χ2v) is 5.43. The van der Waals surface area contributed by atoms with Gasteiger partial charge in [-0.05, 0) is 37.1 Å². The highest BCUT2D eigenvalue weighted by atomic mass is 19.4. The third kappa shape index (κ3) is 2.76. The van der Waals surface area contributed by atoms with Gasteiger partial charge in [-0.1, -0.05) is 20.3 Å². The van der Waals surface area contributed by atoms with Crippen molar-refractivity contribution in [2.24, 2.45) is 28.7 Å². The van der Waals surface area contributed by atoms with E-state index in [2.05, 4.69) is 0 Å². The molecule has 4 N–H and O–H groups in total. The smallest absolute Gasteiger partial charge is 0.330 e. The minimum atomic E-state index is -4.19. The predicted octanol–water partition coefficient (Wildman–Crippen LogP) is 2.67. The van der Waals surface area contributed by atoms with Crippen molar-refractivity contribution in [3.05, 3.63) is 0 Å². The van der Waals surface area contributed by atoms with Crippen molar-refractivity contribution < 1.29 is 13.2 Å². The molecule has 2 nitrogen and oxygen atoms in total. The van der Waals surface area contributed by atoms with Gasteiger partial charge in [-0.3, -0.25) is 0 Å². The molecule has 0 bridgehead atoms. The fourth-order valence-corrected chi connectivity index (χ4v) is 3.61. The molecule has 0 aromatic carbocycles. The van der Waals surface area contributed by atoms with E-state index < -0.39 is 29.5 Å². The van der Waals surface area contributed by atoms with Gasteiger partial charge in [-0.25, -0.2) is 0 Å². The van der Waals surface area contributed by atoms with Crippen molar-refractivity contribution in [1.29, 1.82) is 0 Å². The predicted molar refractivity (Wildman–Crippen MR) is 62.3 cm³/mol. The third-order valence-corrected chi connectivity index (χ3v) is 4.20. The van der Waals surface area contributed by atoms with Crippen LogP contribution in [0.1, 0.15) is 39.5 Å². The molecule has 1 rings (SSSR count). The zero-order valence-electron chi connectivity index (χ0n) is 10.6. The molecule has 0 amide bonds. The summed E-state index contributed by atoms with van der Waals surface area (Å²) in [6, 6.07) is -0.805. The standard InChI is InChI=1S/C12H23F3N2/c1-3-4-11(5-6-16)7-8(2)9(10(11)17)12(13,14)15/h8-10H,3-7,16-17H2,1-2H3/t8-,9+,10?,11?/m0/s1. The van der Waals surface area contributed by atoms with Crippen LogP contribution in [0.4, 0.5) is 13.2 Å². The summed E-state index contributed by atoms with van der Waals surface area (Å²) in [7, 11) is 0. The fourth-order valence-electron chi connectivity index (χ4n) is 3.61. The number of hydrogen-bond acceptors (Lipinski definition) is 2. The van der Waals surface area contributed by atoms with Crippen LogP contribution in [0.15, 0.2) is 0 Å². The number of hydrogen-bond donors (Lipinski definition) is 2. The maximum atomic E-state index is 13.0. The van der Waals surface area contributed by atoms with E-state index in [0.717, 1.165) is 12.8 Å². The van der Waals surface area contributed by atoms with Crippen molar-refractivity contribution in [1.82, 2.24) is 0 Å². The Morgan fingerprint density at radius 3 is 2.24 bits per heavy atom. The van der Waals surface area contributed by atoms with Gasteiger partial charge in [0.15, 0.2) is 0 Å². The van der Waals surface area contributed by atoms with E-state index in [1.807, 2.05) is 6.92 Å². The first-order valence-corrected chi connectivity index (χ1v) is 6.31. The molecule has 0 saturated heterocycles. The molecule has 2 unspecified atom stereocenters. The van der Waals surface area contributed by atoms with Crippen LogP contribution in [-0.2, 0) is 0 Å². The number of nitrogens with two attached hydrogens (primary N) is 2. The first-order chi connectivity index (χ1) is 7.78. The molecule has 17 heavy (non-hydrogen) atoms. The second-order valence-electron chi connectivity index (χ2n) is 5.43. The Hall–Kier alpha value is -0.290. The van der Waals surface area contributed by atoms with E-state index in [1.165, 1.54) is 0 Å².